The monoisotopic (exact) mass is 311 g/mol. The smallest absolute Gasteiger partial charge is 0.408 e. The summed E-state index contributed by atoms with van der Waals surface area (Å²) in [5.41, 5.74) is -0.0971. The van der Waals surface area contributed by atoms with Gasteiger partial charge in [-0.25, -0.2) is 4.79 Å². The molecule has 2 rings (SSSR count). The van der Waals surface area contributed by atoms with Crippen LogP contribution in [-0.2, 0) is 4.79 Å². The quantitative estimate of drug-likeness (QED) is 0.827. The van der Waals surface area contributed by atoms with Crippen molar-refractivity contribution in [3.05, 3.63) is 29.3 Å². The molecule has 0 saturated carbocycles. The van der Waals surface area contributed by atoms with Crippen LogP contribution in [0.1, 0.15) is 6.42 Å². The highest BCUT2D eigenvalue weighted by Crippen LogP contribution is 2.30. The molecule has 2 N–H and O–H groups in total. The molecule has 0 bridgehead atoms. The number of hydrogen-bond donors (Lipinski definition) is 2. The summed E-state index contributed by atoms with van der Waals surface area (Å²) in [5, 5.41) is 13.0. The first-order valence-corrected chi connectivity index (χ1v) is 7.04. The molecule has 1 fully saturated rings. The van der Waals surface area contributed by atoms with Gasteiger partial charge < -0.3 is 14.8 Å². The zero-order valence-electron chi connectivity index (χ0n) is 11.8. The van der Waals surface area contributed by atoms with Crippen LogP contribution in [0.25, 0.3) is 0 Å². The van der Waals surface area contributed by atoms with Gasteiger partial charge in [0.05, 0.1) is 17.3 Å². The summed E-state index contributed by atoms with van der Waals surface area (Å²) >= 11 is 6.21. The molecule has 0 aliphatic carbocycles. The SMILES string of the molecule is CNC1(CC=O)CN(c2ccccc2Cl)CCN1C(=O)O. The number of nitrogens with one attached hydrogen (secondary N) is 1. The highest BCUT2D eigenvalue weighted by molar-refractivity contribution is 6.33. The summed E-state index contributed by atoms with van der Waals surface area (Å²) in [5.74, 6) is 0. The van der Waals surface area contributed by atoms with E-state index >= 15 is 0 Å². The number of para-hydroxylation sites is 1. The molecular weight excluding hydrogens is 294 g/mol. The lowest BCUT2D eigenvalue weighted by Crippen LogP contribution is -2.70. The van der Waals surface area contributed by atoms with E-state index < -0.39 is 11.8 Å². The molecule has 0 radical (unpaired) electrons. The van der Waals surface area contributed by atoms with Crippen molar-refractivity contribution in [1.29, 1.82) is 0 Å². The number of amides is 1. The second-order valence-corrected chi connectivity index (χ2v) is 5.37. The topological polar surface area (TPSA) is 72.9 Å². The van der Waals surface area contributed by atoms with Gasteiger partial charge in [-0.15, -0.1) is 0 Å². The number of rotatable bonds is 4. The molecule has 1 aliphatic rings. The molecule has 21 heavy (non-hydrogen) atoms. The van der Waals surface area contributed by atoms with Gasteiger partial charge >= 0.3 is 6.09 Å². The Morgan fingerprint density at radius 2 is 2.19 bits per heavy atom. The molecular formula is C14H18ClN3O3. The van der Waals surface area contributed by atoms with E-state index in [2.05, 4.69) is 5.32 Å². The fraction of sp³-hybridized carbons (Fsp3) is 0.429. The molecule has 1 heterocycles. The molecule has 1 aromatic carbocycles. The normalized spacial score (nSPS) is 22.2. The summed E-state index contributed by atoms with van der Waals surface area (Å²) in [6.45, 7) is 1.19. The van der Waals surface area contributed by atoms with Gasteiger partial charge in [0.15, 0.2) is 0 Å². The van der Waals surface area contributed by atoms with Gasteiger partial charge in [-0.3, -0.25) is 10.2 Å². The van der Waals surface area contributed by atoms with Gasteiger partial charge in [0.2, 0.25) is 0 Å². The Bertz CT molecular complexity index is 540. The van der Waals surface area contributed by atoms with Gasteiger partial charge in [0, 0.05) is 19.5 Å². The minimum absolute atomic E-state index is 0.0801. The first-order chi connectivity index (χ1) is 10.0. The van der Waals surface area contributed by atoms with E-state index in [-0.39, 0.29) is 6.42 Å². The van der Waals surface area contributed by atoms with Crippen molar-refractivity contribution >= 4 is 29.7 Å². The Balaban J connectivity index is 2.33. The predicted molar refractivity (Wildman–Crippen MR) is 80.9 cm³/mol. The molecule has 1 aliphatic heterocycles. The Hall–Kier alpha value is -1.79. The van der Waals surface area contributed by atoms with Gasteiger partial charge in [0.1, 0.15) is 11.9 Å². The Labute approximate surface area is 128 Å². The third kappa shape index (κ3) is 2.96. The molecule has 114 valence electrons. The van der Waals surface area contributed by atoms with Crippen LogP contribution in [0, 0.1) is 0 Å². The maximum absolute atomic E-state index is 11.4. The summed E-state index contributed by atoms with van der Waals surface area (Å²) in [6.07, 6.45) is -0.218. The fourth-order valence-corrected chi connectivity index (χ4v) is 2.99. The van der Waals surface area contributed by atoms with Crippen molar-refractivity contribution in [3.8, 4) is 0 Å². The van der Waals surface area contributed by atoms with E-state index in [9.17, 15) is 14.7 Å². The fourth-order valence-electron chi connectivity index (χ4n) is 2.74. The van der Waals surface area contributed by atoms with Gasteiger partial charge in [0.25, 0.3) is 0 Å². The Kier molecular flexibility index (Phi) is 4.69. The predicted octanol–water partition coefficient (Wildman–Crippen LogP) is 1.64. The third-order valence-electron chi connectivity index (χ3n) is 3.87. The Morgan fingerprint density at radius 1 is 1.48 bits per heavy atom. The lowest BCUT2D eigenvalue weighted by atomic mass is 10.0. The second kappa shape index (κ2) is 6.32. The lowest BCUT2D eigenvalue weighted by Gasteiger charge is -2.49. The largest absolute Gasteiger partial charge is 0.465 e. The van der Waals surface area contributed by atoms with Crippen molar-refractivity contribution in [2.24, 2.45) is 0 Å². The van der Waals surface area contributed by atoms with Gasteiger partial charge in [-0.1, -0.05) is 23.7 Å². The number of benzene rings is 1. The van der Waals surface area contributed by atoms with Crippen LogP contribution < -0.4 is 10.2 Å². The minimum atomic E-state index is -1.04. The van der Waals surface area contributed by atoms with Crippen molar-refractivity contribution in [1.82, 2.24) is 10.2 Å². The number of carboxylic acid groups (broad SMARTS) is 1. The molecule has 7 heteroatoms. The molecule has 1 saturated heterocycles. The average molecular weight is 312 g/mol. The number of carbonyl (C=O) groups excluding carboxylic acids is 1. The number of nitrogens with zero attached hydrogens (tertiary/aromatic N) is 2. The Morgan fingerprint density at radius 3 is 2.76 bits per heavy atom. The molecule has 1 unspecified atom stereocenters. The van der Waals surface area contributed by atoms with Crippen LogP contribution in [-0.4, -0.2) is 54.7 Å². The number of aldehydes is 1. The van der Waals surface area contributed by atoms with Gasteiger partial charge in [-0.2, -0.15) is 0 Å². The van der Waals surface area contributed by atoms with E-state index in [1.165, 1.54) is 4.90 Å². The maximum Gasteiger partial charge on any atom is 0.408 e. The van der Waals surface area contributed by atoms with Crippen molar-refractivity contribution < 1.29 is 14.7 Å². The van der Waals surface area contributed by atoms with E-state index in [0.717, 1.165) is 12.0 Å². The van der Waals surface area contributed by atoms with Crippen molar-refractivity contribution in [2.45, 2.75) is 12.1 Å². The zero-order valence-corrected chi connectivity index (χ0v) is 12.5. The number of anilines is 1. The van der Waals surface area contributed by atoms with Crippen molar-refractivity contribution in [3.63, 3.8) is 0 Å². The summed E-state index contributed by atoms with van der Waals surface area (Å²) in [6, 6.07) is 7.41. The van der Waals surface area contributed by atoms with Crippen LogP contribution in [0.2, 0.25) is 5.02 Å². The van der Waals surface area contributed by atoms with Crippen LogP contribution in [0.5, 0.6) is 0 Å². The molecule has 0 aromatic heterocycles. The number of halogens is 1. The standard InChI is InChI=1S/C14H18ClN3O3/c1-16-14(6-9-19)10-17(7-8-18(14)13(20)21)12-5-3-2-4-11(12)15/h2-5,9,16H,6-8,10H2,1H3,(H,20,21). The highest BCUT2D eigenvalue weighted by Gasteiger charge is 2.43. The van der Waals surface area contributed by atoms with E-state index in [1.54, 1.807) is 13.1 Å². The average Bonchev–Trinajstić information content (AvgIpc) is 2.47. The summed E-state index contributed by atoms with van der Waals surface area (Å²) in [4.78, 5) is 25.7. The van der Waals surface area contributed by atoms with E-state index in [4.69, 9.17) is 11.6 Å². The van der Waals surface area contributed by atoms with Crippen LogP contribution in [0.4, 0.5) is 10.5 Å². The first-order valence-electron chi connectivity index (χ1n) is 6.66. The summed E-state index contributed by atoms with van der Waals surface area (Å²) in [7, 11) is 1.66. The zero-order chi connectivity index (χ0) is 15.5. The van der Waals surface area contributed by atoms with Crippen molar-refractivity contribution in [2.75, 3.05) is 31.6 Å². The molecule has 1 atom stereocenters. The van der Waals surface area contributed by atoms with Crippen LogP contribution in [0.15, 0.2) is 24.3 Å². The van der Waals surface area contributed by atoms with Crippen LogP contribution >= 0.6 is 11.6 Å². The number of likely N-dealkylation sites (N-methyl/N-ethyl adjacent to an activating group) is 1. The lowest BCUT2D eigenvalue weighted by molar-refractivity contribution is -0.110. The molecule has 0 spiro atoms. The molecule has 1 amide bonds. The van der Waals surface area contributed by atoms with E-state index in [1.807, 2.05) is 23.1 Å². The molecule has 1 aromatic rings. The van der Waals surface area contributed by atoms with Crippen LogP contribution in [0.3, 0.4) is 0 Å². The highest BCUT2D eigenvalue weighted by atomic mass is 35.5. The number of carbonyl (C=O) groups is 2. The second-order valence-electron chi connectivity index (χ2n) is 4.96. The van der Waals surface area contributed by atoms with Gasteiger partial charge in [-0.05, 0) is 19.2 Å². The maximum atomic E-state index is 11.4. The third-order valence-corrected chi connectivity index (χ3v) is 4.19. The number of hydrogen-bond acceptors (Lipinski definition) is 4. The van der Waals surface area contributed by atoms with E-state index in [0.29, 0.717) is 24.7 Å². The number of piperazine rings is 1. The first kappa shape index (κ1) is 15.6. The minimum Gasteiger partial charge on any atom is -0.465 e. The molecule has 6 nitrogen and oxygen atoms in total. The summed E-state index contributed by atoms with van der Waals surface area (Å²) < 4.78 is 0.